The summed E-state index contributed by atoms with van der Waals surface area (Å²) in [7, 11) is 0. The molecule has 0 rings (SSSR count). The molecule has 5 heteroatoms. The van der Waals surface area contributed by atoms with Crippen LogP contribution in [-0.2, 0) is 9.53 Å². The van der Waals surface area contributed by atoms with E-state index in [1.165, 1.54) is 0 Å². The number of rotatable bonds is 4. The van der Waals surface area contributed by atoms with Crippen molar-refractivity contribution in [2.24, 2.45) is 0 Å². The molecular weight excluding hydrogens is 206 g/mol. The molecule has 0 saturated carbocycles. The highest BCUT2D eigenvalue weighted by Gasteiger charge is 2.32. The maximum absolute atomic E-state index is 10.8. The lowest BCUT2D eigenvalue weighted by atomic mass is 10.2. The van der Waals surface area contributed by atoms with Crippen molar-refractivity contribution in [2.75, 3.05) is 0 Å². The third-order valence-corrected chi connectivity index (χ3v) is 2.56. The molecule has 0 saturated heterocycles. The van der Waals surface area contributed by atoms with Crippen molar-refractivity contribution in [1.29, 1.82) is 5.26 Å². The molecule has 13 heavy (non-hydrogen) atoms. The zero-order valence-electron chi connectivity index (χ0n) is 7.23. The number of thiol groups is 2. The van der Waals surface area contributed by atoms with E-state index in [1.807, 2.05) is 6.07 Å². The van der Waals surface area contributed by atoms with Crippen molar-refractivity contribution in [2.45, 2.75) is 23.5 Å². The highest BCUT2D eigenvalue weighted by molar-refractivity contribution is 8.00. The van der Waals surface area contributed by atoms with Crippen LogP contribution in [0.4, 0.5) is 0 Å². The Hall–Kier alpha value is -0.600. The van der Waals surface area contributed by atoms with Crippen LogP contribution in [0, 0.1) is 11.3 Å². The minimum atomic E-state index is -0.977. The van der Waals surface area contributed by atoms with E-state index >= 15 is 0 Å². The number of carbonyl (C=O) groups is 1. The van der Waals surface area contributed by atoms with E-state index in [9.17, 15) is 4.79 Å². The molecule has 1 atom stereocenters. The number of nitriles is 1. The van der Waals surface area contributed by atoms with Crippen molar-refractivity contribution >= 4 is 31.2 Å². The normalized spacial score (nSPS) is 12.8. The summed E-state index contributed by atoms with van der Waals surface area (Å²) in [6, 6.07) is 1.81. The van der Waals surface area contributed by atoms with Crippen molar-refractivity contribution in [3.8, 4) is 6.07 Å². The van der Waals surface area contributed by atoms with Gasteiger partial charge in [-0.05, 0) is 6.42 Å². The highest BCUT2D eigenvalue weighted by Crippen LogP contribution is 2.29. The van der Waals surface area contributed by atoms with Crippen molar-refractivity contribution in [3.63, 3.8) is 0 Å². The first kappa shape index (κ1) is 12.4. The second-order valence-electron chi connectivity index (χ2n) is 2.38. The number of hydrogen-bond donors (Lipinski definition) is 2. The summed E-state index contributed by atoms with van der Waals surface area (Å²) in [6.07, 6.45) is 0.522. The molecular formula is C8H11NO2S2. The van der Waals surface area contributed by atoms with Gasteiger partial charge in [0.05, 0.1) is 0 Å². The minimum Gasteiger partial charge on any atom is -0.441 e. The molecule has 0 aromatic rings. The smallest absolute Gasteiger partial charge is 0.331 e. The zero-order valence-corrected chi connectivity index (χ0v) is 9.02. The Bertz CT molecular complexity index is 245. The molecule has 0 bridgehead atoms. The molecule has 0 fully saturated rings. The molecule has 0 amide bonds. The average molecular weight is 217 g/mol. The van der Waals surface area contributed by atoms with Gasteiger partial charge >= 0.3 is 5.97 Å². The van der Waals surface area contributed by atoms with Gasteiger partial charge in [0.2, 0.25) is 6.10 Å². The zero-order chi connectivity index (χ0) is 10.5. The summed E-state index contributed by atoms with van der Waals surface area (Å²) in [5.41, 5.74) is 0. The Morgan fingerprint density at radius 2 is 2.38 bits per heavy atom. The summed E-state index contributed by atoms with van der Waals surface area (Å²) >= 11 is 8.21. The van der Waals surface area contributed by atoms with Gasteiger partial charge in [-0.15, -0.1) is 0 Å². The molecule has 0 N–H and O–H groups in total. The fraction of sp³-hybridized carbons (Fsp3) is 0.500. The van der Waals surface area contributed by atoms with Crippen LogP contribution in [0.3, 0.4) is 0 Å². The first-order chi connectivity index (χ1) is 5.97. The van der Waals surface area contributed by atoms with Crippen LogP contribution in [0.25, 0.3) is 0 Å². The highest BCUT2D eigenvalue weighted by atomic mass is 32.2. The largest absolute Gasteiger partial charge is 0.441 e. The predicted molar refractivity (Wildman–Crippen MR) is 56.7 cm³/mol. The molecule has 0 heterocycles. The first-order valence-electron chi connectivity index (χ1n) is 3.65. The maximum atomic E-state index is 10.8. The molecule has 0 aromatic carbocycles. The fourth-order valence-corrected chi connectivity index (χ4v) is 0.795. The van der Waals surface area contributed by atoms with Crippen LogP contribution in [0.15, 0.2) is 12.7 Å². The average Bonchev–Trinajstić information content (AvgIpc) is 2.13. The van der Waals surface area contributed by atoms with Gasteiger partial charge in [0.1, 0.15) is 10.1 Å². The third-order valence-electron chi connectivity index (χ3n) is 1.46. The van der Waals surface area contributed by atoms with Crippen LogP contribution in [0.5, 0.6) is 0 Å². The monoisotopic (exact) mass is 217 g/mol. The molecule has 3 nitrogen and oxygen atoms in total. The lowest BCUT2D eigenvalue weighted by Crippen LogP contribution is -2.33. The quantitative estimate of drug-likeness (QED) is 0.325. The van der Waals surface area contributed by atoms with Crippen LogP contribution in [0.2, 0.25) is 0 Å². The van der Waals surface area contributed by atoms with Gasteiger partial charge in [0, 0.05) is 6.08 Å². The number of nitrogens with zero attached hydrogens (tertiary/aromatic N) is 1. The van der Waals surface area contributed by atoms with Gasteiger partial charge in [-0.1, -0.05) is 13.5 Å². The Labute approximate surface area is 88.6 Å². The summed E-state index contributed by atoms with van der Waals surface area (Å²) in [6.45, 7) is 5.02. The van der Waals surface area contributed by atoms with Gasteiger partial charge in [-0.3, -0.25) is 0 Å². The minimum absolute atomic E-state index is 0.502. The maximum Gasteiger partial charge on any atom is 0.331 e. The summed E-state index contributed by atoms with van der Waals surface area (Å²) in [5, 5.41) is 8.68. The van der Waals surface area contributed by atoms with Crippen molar-refractivity contribution in [3.05, 3.63) is 12.7 Å². The lowest BCUT2D eigenvalue weighted by Gasteiger charge is -2.25. The Kier molecular flexibility index (Phi) is 4.96. The van der Waals surface area contributed by atoms with Gasteiger partial charge < -0.3 is 4.74 Å². The third kappa shape index (κ3) is 3.75. The van der Waals surface area contributed by atoms with Crippen LogP contribution in [0.1, 0.15) is 13.3 Å². The second kappa shape index (κ2) is 5.20. The van der Waals surface area contributed by atoms with Crippen LogP contribution < -0.4 is 0 Å². The molecule has 0 radical (unpaired) electrons. The van der Waals surface area contributed by atoms with E-state index in [4.69, 9.17) is 10.00 Å². The predicted octanol–water partition coefficient (Wildman–Crippen LogP) is 1.57. The molecule has 0 spiro atoms. The second-order valence-corrected chi connectivity index (χ2v) is 4.33. The van der Waals surface area contributed by atoms with E-state index in [1.54, 1.807) is 6.92 Å². The molecule has 1 unspecified atom stereocenters. The fourth-order valence-electron chi connectivity index (χ4n) is 0.574. The van der Waals surface area contributed by atoms with E-state index in [2.05, 4.69) is 31.8 Å². The van der Waals surface area contributed by atoms with Gasteiger partial charge in [-0.2, -0.15) is 30.5 Å². The Balaban J connectivity index is 4.45. The van der Waals surface area contributed by atoms with E-state index in [0.717, 1.165) is 6.08 Å². The van der Waals surface area contributed by atoms with Crippen LogP contribution in [-0.4, -0.2) is 16.2 Å². The Morgan fingerprint density at radius 1 is 1.85 bits per heavy atom. The van der Waals surface area contributed by atoms with Crippen LogP contribution >= 0.6 is 25.3 Å². The SMILES string of the molecule is C=CC(=O)OC(C#N)C(S)(S)CC. The molecule has 0 aliphatic rings. The molecule has 0 aromatic heterocycles. The molecule has 0 aliphatic heterocycles. The van der Waals surface area contributed by atoms with Crippen molar-refractivity contribution < 1.29 is 9.53 Å². The first-order valence-corrected chi connectivity index (χ1v) is 4.54. The number of esters is 1. The number of hydrogen-bond acceptors (Lipinski definition) is 5. The van der Waals surface area contributed by atoms with Gasteiger partial charge in [0.15, 0.2) is 0 Å². The summed E-state index contributed by atoms with van der Waals surface area (Å²) < 4.78 is 3.81. The topological polar surface area (TPSA) is 50.1 Å². The van der Waals surface area contributed by atoms with Gasteiger partial charge in [0.25, 0.3) is 0 Å². The lowest BCUT2D eigenvalue weighted by molar-refractivity contribution is -0.140. The van der Waals surface area contributed by atoms with E-state index < -0.39 is 16.2 Å². The molecule has 72 valence electrons. The van der Waals surface area contributed by atoms with E-state index in [-0.39, 0.29) is 0 Å². The molecule has 0 aliphatic carbocycles. The summed E-state index contributed by atoms with van der Waals surface area (Å²) in [4.78, 5) is 10.8. The van der Waals surface area contributed by atoms with Crippen molar-refractivity contribution in [1.82, 2.24) is 0 Å². The summed E-state index contributed by atoms with van der Waals surface area (Å²) in [5.74, 6) is -0.646. The van der Waals surface area contributed by atoms with E-state index in [0.29, 0.717) is 6.42 Å². The van der Waals surface area contributed by atoms with Gasteiger partial charge in [-0.25, -0.2) is 4.79 Å². The Morgan fingerprint density at radius 3 is 2.69 bits per heavy atom. The number of carbonyl (C=O) groups excluding carboxylic acids is 1. The standard InChI is InChI=1S/C8H11NO2S2/c1-3-7(10)11-6(5-9)8(12,13)4-2/h3,6,12-13H,1,4H2,2H3. The number of ether oxygens (including phenoxy) is 1.